The highest BCUT2D eigenvalue weighted by molar-refractivity contribution is 6.31. The van der Waals surface area contributed by atoms with Crippen LogP contribution in [-0.2, 0) is 11.2 Å². The normalized spacial score (nSPS) is 15.3. The van der Waals surface area contributed by atoms with Gasteiger partial charge in [0.2, 0.25) is 0 Å². The zero-order valence-corrected chi connectivity index (χ0v) is 10.7. The van der Waals surface area contributed by atoms with Crippen LogP contribution >= 0.6 is 11.6 Å². The Hall–Kier alpha value is -1.46. The summed E-state index contributed by atoms with van der Waals surface area (Å²) < 4.78 is 11.0. The van der Waals surface area contributed by atoms with Crippen molar-refractivity contribution in [2.45, 2.75) is 19.4 Å². The average molecular weight is 272 g/mol. The molecular formula is C12H14ClNO4. The Morgan fingerprint density at radius 1 is 1.56 bits per heavy atom. The first kappa shape index (κ1) is 13.0. The molecule has 1 aromatic rings. The number of halogens is 1. The highest BCUT2D eigenvalue weighted by atomic mass is 35.5. The van der Waals surface area contributed by atoms with E-state index in [0.717, 1.165) is 5.56 Å². The second kappa shape index (κ2) is 5.04. The molecule has 1 unspecified atom stereocenters. The zero-order valence-electron chi connectivity index (χ0n) is 9.90. The predicted molar refractivity (Wildman–Crippen MR) is 66.5 cm³/mol. The molecule has 0 bridgehead atoms. The monoisotopic (exact) mass is 271 g/mol. The van der Waals surface area contributed by atoms with Crippen molar-refractivity contribution >= 4 is 17.6 Å². The third kappa shape index (κ3) is 2.37. The SMILES string of the molecule is Cc1c(CC(N)C(=O)O)c(Cl)cc2c1OCCO2. The summed E-state index contributed by atoms with van der Waals surface area (Å²) in [5.41, 5.74) is 7.01. The van der Waals surface area contributed by atoms with Crippen molar-refractivity contribution < 1.29 is 19.4 Å². The topological polar surface area (TPSA) is 81.8 Å². The van der Waals surface area contributed by atoms with E-state index in [-0.39, 0.29) is 6.42 Å². The maximum Gasteiger partial charge on any atom is 0.320 e. The summed E-state index contributed by atoms with van der Waals surface area (Å²) in [4.78, 5) is 10.8. The standard InChI is InChI=1S/C12H14ClNO4/c1-6-7(4-9(14)12(15)16)8(13)5-10-11(6)18-3-2-17-10/h5,9H,2-4,14H2,1H3,(H,15,16). The van der Waals surface area contributed by atoms with Gasteiger partial charge in [-0.1, -0.05) is 11.6 Å². The molecule has 3 N–H and O–H groups in total. The van der Waals surface area contributed by atoms with E-state index in [1.165, 1.54) is 0 Å². The number of ether oxygens (including phenoxy) is 2. The average Bonchev–Trinajstić information content (AvgIpc) is 2.34. The number of aliphatic carboxylic acids is 1. The molecule has 1 aliphatic rings. The summed E-state index contributed by atoms with van der Waals surface area (Å²) >= 11 is 6.13. The van der Waals surface area contributed by atoms with E-state index in [0.29, 0.717) is 35.3 Å². The number of hydrogen-bond donors (Lipinski definition) is 2. The maximum absolute atomic E-state index is 10.8. The van der Waals surface area contributed by atoms with Crippen LogP contribution < -0.4 is 15.2 Å². The van der Waals surface area contributed by atoms with Gasteiger partial charge in [0.25, 0.3) is 0 Å². The second-order valence-corrected chi connectivity index (χ2v) is 4.54. The molecule has 0 radical (unpaired) electrons. The van der Waals surface area contributed by atoms with Crippen LogP contribution in [0.1, 0.15) is 11.1 Å². The Labute approximate surface area is 109 Å². The molecule has 1 aliphatic heterocycles. The van der Waals surface area contributed by atoms with E-state index in [1.807, 2.05) is 6.92 Å². The molecular weight excluding hydrogens is 258 g/mol. The number of carbonyl (C=O) groups is 1. The van der Waals surface area contributed by atoms with E-state index in [9.17, 15) is 4.79 Å². The van der Waals surface area contributed by atoms with E-state index in [4.69, 9.17) is 31.9 Å². The predicted octanol–water partition coefficient (Wildman–Crippen LogP) is 1.37. The van der Waals surface area contributed by atoms with Gasteiger partial charge in [-0.25, -0.2) is 0 Å². The molecule has 18 heavy (non-hydrogen) atoms. The van der Waals surface area contributed by atoms with Crippen LogP contribution in [0.3, 0.4) is 0 Å². The quantitative estimate of drug-likeness (QED) is 0.868. The first-order valence-corrected chi connectivity index (χ1v) is 5.94. The molecule has 0 saturated carbocycles. The molecule has 1 heterocycles. The van der Waals surface area contributed by atoms with Crippen LogP contribution in [0.2, 0.25) is 5.02 Å². The Balaban J connectivity index is 2.38. The molecule has 0 aromatic heterocycles. The van der Waals surface area contributed by atoms with Crippen LogP contribution in [-0.4, -0.2) is 30.3 Å². The Kier molecular flexibility index (Phi) is 3.63. The van der Waals surface area contributed by atoms with Crippen molar-refractivity contribution in [2.75, 3.05) is 13.2 Å². The molecule has 98 valence electrons. The first-order valence-electron chi connectivity index (χ1n) is 5.56. The molecule has 0 aliphatic carbocycles. The summed E-state index contributed by atoms with van der Waals surface area (Å²) in [6, 6.07) is 0.663. The minimum absolute atomic E-state index is 0.163. The van der Waals surface area contributed by atoms with Gasteiger partial charge >= 0.3 is 5.97 Å². The van der Waals surface area contributed by atoms with Crippen LogP contribution in [0.5, 0.6) is 11.5 Å². The number of benzene rings is 1. The van der Waals surface area contributed by atoms with Crippen molar-refractivity contribution in [1.82, 2.24) is 0 Å². The van der Waals surface area contributed by atoms with Gasteiger partial charge in [0.1, 0.15) is 19.3 Å². The first-order chi connectivity index (χ1) is 8.50. The lowest BCUT2D eigenvalue weighted by Gasteiger charge is -2.23. The number of hydrogen-bond acceptors (Lipinski definition) is 4. The molecule has 0 fully saturated rings. The smallest absolute Gasteiger partial charge is 0.320 e. The fraction of sp³-hybridized carbons (Fsp3) is 0.417. The number of rotatable bonds is 3. The lowest BCUT2D eigenvalue weighted by atomic mass is 10.00. The van der Waals surface area contributed by atoms with Crippen molar-refractivity contribution in [3.63, 3.8) is 0 Å². The third-order valence-corrected chi connectivity index (χ3v) is 3.23. The van der Waals surface area contributed by atoms with E-state index < -0.39 is 12.0 Å². The van der Waals surface area contributed by atoms with E-state index in [2.05, 4.69) is 0 Å². The maximum atomic E-state index is 10.8. The van der Waals surface area contributed by atoms with Crippen LogP contribution in [0, 0.1) is 6.92 Å². The molecule has 6 heteroatoms. The second-order valence-electron chi connectivity index (χ2n) is 4.13. The van der Waals surface area contributed by atoms with Gasteiger partial charge in [-0.15, -0.1) is 0 Å². The number of fused-ring (bicyclic) bond motifs is 1. The number of nitrogens with two attached hydrogens (primary N) is 1. The summed E-state index contributed by atoms with van der Waals surface area (Å²) in [5.74, 6) is 0.162. The Morgan fingerprint density at radius 3 is 2.89 bits per heavy atom. The fourth-order valence-corrected chi connectivity index (χ4v) is 2.23. The summed E-state index contributed by atoms with van der Waals surface area (Å²) in [6.07, 6.45) is 0.163. The van der Waals surface area contributed by atoms with Gasteiger partial charge in [-0.3, -0.25) is 4.79 Å². The molecule has 1 aromatic carbocycles. The van der Waals surface area contributed by atoms with Crippen LogP contribution in [0.4, 0.5) is 0 Å². The van der Waals surface area contributed by atoms with Crippen LogP contribution in [0.15, 0.2) is 6.07 Å². The summed E-state index contributed by atoms with van der Waals surface area (Å²) in [5, 5.41) is 9.29. The fourth-order valence-electron chi connectivity index (χ4n) is 1.91. The van der Waals surface area contributed by atoms with Crippen molar-refractivity contribution in [3.8, 4) is 11.5 Å². The lowest BCUT2D eigenvalue weighted by Crippen LogP contribution is -2.32. The zero-order chi connectivity index (χ0) is 13.3. The highest BCUT2D eigenvalue weighted by Gasteiger charge is 2.22. The van der Waals surface area contributed by atoms with Crippen molar-refractivity contribution in [1.29, 1.82) is 0 Å². The third-order valence-electron chi connectivity index (χ3n) is 2.89. The lowest BCUT2D eigenvalue weighted by molar-refractivity contribution is -0.138. The molecule has 1 atom stereocenters. The van der Waals surface area contributed by atoms with Gasteiger partial charge in [0, 0.05) is 17.5 Å². The molecule has 5 nitrogen and oxygen atoms in total. The number of carboxylic acid groups (broad SMARTS) is 1. The molecule has 0 amide bonds. The Bertz CT molecular complexity index is 489. The van der Waals surface area contributed by atoms with Gasteiger partial charge in [0.05, 0.1) is 0 Å². The van der Waals surface area contributed by atoms with E-state index >= 15 is 0 Å². The molecule has 0 spiro atoms. The van der Waals surface area contributed by atoms with Gasteiger partial charge < -0.3 is 20.3 Å². The Morgan fingerprint density at radius 2 is 2.22 bits per heavy atom. The summed E-state index contributed by atoms with van der Waals surface area (Å²) in [7, 11) is 0. The minimum atomic E-state index is -1.06. The van der Waals surface area contributed by atoms with Gasteiger partial charge in [-0.2, -0.15) is 0 Å². The number of carboxylic acids is 1. The summed E-state index contributed by atoms with van der Waals surface area (Å²) in [6.45, 7) is 2.78. The van der Waals surface area contributed by atoms with Crippen molar-refractivity contribution in [2.24, 2.45) is 5.73 Å². The van der Waals surface area contributed by atoms with Gasteiger partial charge in [-0.05, 0) is 18.1 Å². The largest absolute Gasteiger partial charge is 0.486 e. The molecule has 2 rings (SSSR count). The van der Waals surface area contributed by atoms with E-state index in [1.54, 1.807) is 6.07 Å². The van der Waals surface area contributed by atoms with Gasteiger partial charge in [0.15, 0.2) is 11.5 Å². The minimum Gasteiger partial charge on any atom is -0.486 e. The van der Waals surface area contributed by atoms with Crippen LogP contribution in [0.25, 0.3) is 0 Å². The highest BCUT2D eigenvalue weighted by Crippen LogP contribution is 2.39. The van der Waals surface area contributed by atoms with Crippen molar-refractivity contribution in [3.05, 3.63) is 22.2 Å². The molecule has 0 saturated heterocycles.